The lowest BCUT2D eigenvalue weighted by atomic mass is 10.1. The topological polar surface area (TPSA) is 52.6 Å². The number of alkyl halides is 2. The summed E-state index contributed by atoms with van der Waals surface area (Å²) in [6.07, 6.45) is 2.51. The third-order valence-corrected chi connectivity index (χ3v) is 5.91. The third kappa shape index (κ3) is 3.70. The molecular weight excluding hydrogens is 326 g/mol. The minimum Gasteiger partial charge on any atom is -0.480 e. The number of hydrogen-bond donors (Lipinski definition) is 2. The monoisotopic (exact) mass is 350 g/mol. The van der Waals surface area contributed by atoms with E-state index in [1.165, 1.54) is 10.5 Å². The zero-order valence-corrected chi connectivity index (χ0v) is 14.1. The quantitative estimate of drug-likeness (QED) is 0.794. The highest BCUT2D eigenvalue weighted by Gasteiger charge is 2.53. The maximum absolute atomic E-state index is 13.6. The summed E-state index contributed by atoms with van der Waals surface area (Å²) < 4.78 is 27.3. The van der Waals surface area contributed by atoms with E-state index in [4.69, 9.17) is 0 Å². The average molecular weight is 350 g/mol. The highest BCUT2D eigenvalue weighted by Crippen LogP contribution is 2.49. The van der Waals surface area contributed by atoms with Crippen molar-refractivity contribution in [1.82, 2.24) is 10.2 Å². The van der Waals surface area contributed by atoms with Crippen molar-refractivity contribution in [2.75, 3.05) is 19.6 Å². The molecule has 1 aromatic rings. The van der Waals surface area contributed by atoms with E-state index in [0.717, 1.165) is 25.8 Å². The Morgan fingerprint density at radius 3 is 2.64 bits per heavy atom. The minimum absolute atomic E-state index is 0.0298. The van der Waals surface area contributed by atoms with Gasteiger partial charge in [0.05, 0.1) is 6.54 Å². The summed E-state index contributed by atoms with van der Waals surface area (Å²) in [5, 5.41) is 12.8. The van der Waals surface area contributed by atoms with Crippen molar-refractivity contribution in [2.45, 2.75) is 49.6 Å². The van der Waals surface area contributed by atoms with Gasteiger partial charge in [-0.25, -0.2) is 8.78 Å². The molecular formula is C19H24F2N2O2. The van der Waals surface area contributed by atoms with Crippen LogP contribution in [0, 0.1) is 5.41 Å². The summed E-state index contributed by atoms with van der Waals surface area (Å²) in [7, 11) is 0. The molecule has 0 spiro atoms. The highest BCUT2D eigenvalue weighted by molar-refractivity contribution is 5.74. The number of nitrogens with one attached hydrogen (secondary N) is 1. The number of hydrogen-bond acceptors (Lipinski definition) is 3. The van der Waals surface area contributed by atoms with Crippen LogP contribution in [0.1, 0.15) is 37.2 Å². The van der Waals surface area contributed by atoms with E-state index >= 15 is 0 Å². The normalized spacial score (nSPS) is 32.5. The van der Waals surface area contributed by atoms with E-state index in [2.05, 4.69) is 17.4 Å². The van der Waals surface area contributed by atoms with E-state index in [-0.39, 0.29) is 5.41 Å². The zero-order chi connectivity index (χ0) is 17.7. The first-order valence-corrected chi connectivity index (χ1v) is 9.01. The predicted molar refractivity (Wildman–Crippen MR) is 89.8 cm³/mol. The molecule has 136 valence electrons. The minimum atomic E-state index is -2.89. The Bertz CT molecular complexity index is 648. The molecule has 2 N–H and O–H groups in total. The summed E-state index contributed by atoms with van der Waals surface area (Å²) >= 11 is 0. The van der Waals surface area contributed by atoms with Gasteiger partial charge in [-0.2, -0.15) is 0 Å². The second-order valence-corrected chi connectivity index (χ2v) is 8.06. The Labute approximate surface area is 146 Å². The first-order valence-electron chi connectivity index (χ1n) is 9.01. The molecule has 3 atom stereocenters. The second kappa shape index (κ2) is 6.02. The van der Waals surface area contributed by atoms with Crippen molar-refractivity contribution >= 4 is 5.97 Å². The number of likely N-dealkylation sites (tertiary alicyclic amines) is 1. The van der Waals surface area contributed by atoms with Crippen molar-refractivity contribution in [1.29, 1.82) is 0 Å². The van der Waals surface area contributed by atoms with Gasteiger partial charge < -0.3 is 10.4 Å². The van der Waals surface area contributed by atoms with Crippen LogP contribution < -0.4 is 5.32 Å². The van der Waals surface area contributed by atoms with Crippen LogP contribution in [0.5, 0.6) is 0 Å². The van der Waals surface area contributed by atoms with Crippen LogP contribution in [0.3, 0.4) is 0 Å². The molecule has 1 aliphatic heterocycles. The second-order valence-electron chi connectivity index (χ2n) is 8.06. The smallest absolute Gasteiger partial charge is 0.321 e. The predicted octanol–water partition coefficient (Wildman–Crippen LogP) is 2.71. The largest absolute Gasteiger partial charge is 0.480 e. The Hall–Kier alpha value is -1.53. The average Bonchev–Trinajstić information content (AvgIpc) is 3.46. The van der Waals surface area contributed by atoms with Gasteiger partial charge in [0.1, 0.15) is 6.04 Å². The van der Waals surface area contributed by atoms with E-state index in [1.807, 2.05) is 18.2 Å². The lowest BCUT2D eigenvalue weighted by molar-refractivity contribution is -0.142. The van der Waals surface area contributed by atoms with Crippen LogP contribution in [0.2, 0.25) is 0 Å². The van der Waals surface area contributed by atoms with E-state index < -0.39 is 30.9 Å². The van der Waals surface area contributed by atoms with Crippen LogP contribution in [0.15, 0.2) is 30.3 Å². The summed E-state index contributed by atoms with van der Waals surface area (Å²) in [6, 6.07) is 9.80. The van der Waals surface area contributed by atoms with Crippen molar-refractivity contribution < 1.29 is 18.7 Å². The Morgan fingerprint density at radius 1 is 1.28 bits per heavy atom. The summed E-state index contributed by atoms with van der Waals surface area (Å²) in [6.45, 7) is 0.812. The molecule has 0 amide bonds. The highest BCUT2D eigenvalue weighted by atomic mass is 19.3. The molecule has 1 aromatic carbocycles. The summed E-state index contributed by atoms with van der Waals surface area (Å²) in [4.78, 5) is 12.8. The molecule has 4 rings (SSSR count). The zero-order valence-electron chi connectivity index (χ0n) is 14.1. The number of carbonyl (C=O) groups is 1. The van der Waals surface area contributed by atoms with Crippen LogP contribution >= 0.6 is 0 Å². The van der Waals surface area contributed by atoms with E-state index in [0.29, 0.717) is 18.5 Å². The van der Waals surface area contributed by atoms with Gasteiger partial charge in [-0.05, 0) is 30.2 Å². The molecule has 3 aliphatic rings. The molecule has 0 aromatic heterocycles. The standard InChI is InChI=1S/C19H24F2N2O2/c20-19(21)9-16(17(24)25)23(12-19)11-18(6-7-18)10-22-15-8-14(15)13-4-2-1-3-5-13/h1-5,14-16,22H,6-12H2,(H,24,25)/t14?,15-,16+/m1/s1. The Kier molecular flexibility index (Phi) is 4.07. The lowest BCUT2D eigenvalue weighted by Crippen LogP contribution is -2.42. The molecule has 0 bridgehead atoms. The number of aliphatic carboxylic acids is 1. The van der Waals surface area contributed by atoms with Crippen LogP contribution in [-0.2, 0) is 4.79 Å². The fraction of sp³-hybridized carbons (Fsp3) is 0.632. The summed E-state index contributed by atoms with van der Waals surface area (Å²) in [5.74, 6) is -3.48. The van der Waals surface area contributed by atoms with Crippen molar-refractivity contribution in [3.63, 3.8) is 0 Å². The number of nitrogens with zero attached hydrogens (tertiary/aromatic N) is 1. The molecule has 25 heavy (non-hydrogen) atoms. The Morgan fingerprint density at radius 2 is 2.00 bits per heavy atom. The van der Waals surface area contributed by atoms with Gasteiger partial charge >= 0.3 is 5.97 Å². The van der Waals surface area contributed by atoms with Gasteiger partial charge in [0.2, 0.25) is 0 Å². The van der Waals surface area contributed by atoms with Crippen molar-refractivity contribution in [3.05, 3.63) is 35.9 Å². The van der Waals surface area contributed by atoms with Gasteiger partial charge in [-0.15, -0.1) is 0 Å². The molecule has 3 fully saturated rings. The third-order valence-electron chi connectivity index (χ3n) is 5.91. The number of halogens is 2. The van der Waals surface area contributed by atoms with Crippen molar-refractivity contribution in [2.24, 2.45) is 5.41 Å². The molecule has 1 unspecified atom stereocenters. The first kappa shape index (κ1) is 16.9. The van der Waals surface area contributed by atoms with Gasteiger partial charge in [0.25, 0.3) is 5.92 Å². The molecule has 1 heterocycles. The molecule has 1 saturated heterocycles. The van der Waals surface area contributed by atoms with E-state index in [1.54, 1.807) is 0 Å². The number of carboxylic acids is 1. The summed E-state index contributed by atoms with van der Waals surface area (Å²) in [5.41, 5.74) is 1.31. The molecule has 6 heteroatoms. The fourth-order valence-corrected chi connectivity index (χ4v) is 4.13. The number of carboxylic acid groups (broad SMARTS) is 1. The van der Waals surface area contributed by atoms with E-state index in [9.17, 15) is 18.7 Å². The van der Waals surface area contributed by atoms with Gasteiger partial charge in [0.15, 0.2) is 0 Å². The van der Waals surface area contributed by atoms with Gasteiger partial charge in [-0.3, -0.25) is 9.69 Å². The van der Waals surface area contributed by atoms with Crippen molar-refractivity contribution in [3.8, 4) is 0 Å². The SMILES string of the molecule is O=C(O)[C@@H]1CC(F)(F)CN1CC1(CN[C@@H]2CC2c2ccccc2)CC1. The Balaban J connectivity index is 1.31. The maximum Gasteiger partial charge on any atom is 0.321 e. The molecule has 2 saturated carbocycles. The van der Waals surface area contributed by atoms with Crippen LogP contribution in [-0.4, -0.2) is 53.6 Å². The fourth-order valence-electron chi connectivity index (χ4n) is 4.13. The first-order chi connectivity index (χ1) is 11.9. The van der Waals surface area contributed by atoms with Crippen LogP contribution in [0.4, 0.5) is 8.78 Å². The molecule has 2 aliphatic carbocycles. The van der Waals surface area contributed by atoms with Gasteiger partial charge in [0, 0.05) is 31.5 Å². The lowest BCUT2D eigenvalue weighted by Gasteiger charge is -2.26. The molecule has 0 radical (unpaired) electrons. The molecule has 4 nitrogen and oxygen atoms in total. The number of benzene rings is 1. The van der Waals surface area contributed by atoms with Gasteiger partial charge in [-0.1, -0.05) is 30.3 Å². The number of rotatable bonds is 7. The van der Waals surface area contributed by atoms with Crippen LogP contribution in [0.25, 0.3) is 0 Å². The maximum atomic E-state index is 13.6.